The number of hydrogen-bond acceptors (Lipinski definition) is 6. The molecule has 0 atom stereocenters. The number of fused-ring (bicyclic) bond motifs is 3. The standard InChI is InChI=1S/C23H16ClFN4O4/c1-11-19-20-14(10-26-21(19)29(27-11)16-6-4-12(24)8-15(16)25)22(30)28(23(20)31)17-9-13(32-2)5-7-18(17)33-3/h4-10H,1-3H3. The van der Waals surface area contributed by atoms with Gasteiger partial charge in [0.25, 0.3) is 11.8 Å². The second-order valence-corrected chi connectivity index (χ2v) is 7.76. The molecule has 0 spiro atoms. The number of ether oxygens (including phenoxy) is 2. The van der Waals surface area contributed by atoms with E-state index in [9.17, 15) is 14.0 Å². The summed E-state index contributed by atoms with van der Waals surface area (Å²) in [4.78, 5) is 32.2. The minimum absolute atomic E-state index is 0.119. The molecule has 166 valence electrons. The second kappa shape index (κ2) is 7.56. The number of imide groups is 1. The van der Waals surface area contributed by atoms with E-state index >= 15 is 0 Å². The molecule has 3 heterocycles. The summed E-state index contributed by atoms with van der Waals surface area (Å²) in [6.45, 7) is 1.67. The van der Waals surface area contributed by atoms with Crippen LogP contribution in [0.4, 0.5) is 10.1 Å². The normalized spacial score (nSPS) is 13.1. The smallest absolute Gasteiger partial charge is 0.267 e. The lowest BCUT2D eigenvalue weighted by molar-refractivity contribution is 0.0925. The van der Waals surface area contributed by atoms with Gasteiger partial charge in [0.15, 0.2) is 5.65 Å². The number of anilines is 1. The molecule has 1 aliphatic rings. The molecular formula is C23H16ClFN4O4. The van der Waals surface area contributed by atoms with Crippen molar-refractivity contribution in [3.05, 3.63) is 70.3 Å². The molecule has 0 saturated heterocycles. The first-order valence-electron chi connectivity index (χ1n) is 9.80. The number of carbonyl (C=O) groups is 2. The van der Waals surface area contributed by atoms with E-state index in [1.54, 1.807) is 25.1 Å². The molecule has 2 aromatic heterocycles. The monoisotopic (exact) mass is 466 g/mol. The molecule has 8 nitrogen and oxygen atoms in total. The predicted molar refractivity (Wildman–Crippen MR) is 119 cm³/mol. The van der Waals surface area contributed by atoms with E-state index in [1.165, 1.54) is 43.3 Å². The SMILES string of the molecule is COc1ccc(OC)c(N2C(=O)c3cnc4c(c(C)nn4-c4ccc(Cl)cc4F)c3C2=O)c1. The van der Waals surface area contributed by atoms with E-state index in [4.69, 9.17) is 21.1 Å². The van der Waals surface area contributed by atoms with Gasteiger partial charge in [-0.2, -0.15) is 5.10 Å². The molecular weight excluding hydrogens is 451 g/mol. The first-order chi connectivity index (χ1) is 15.8. The fraction of sp³-hybridized carbons (Fsp3) is 0.130. The Morgan fingerprint density at radius 2 is 1.79 bits per heavy atom. The lowest BCUT2D eigenvalue weighted by Crippen LogP contribution is -2.29. The van der Waals surface area contributed by atoms with Crippen molar-refractivity contribution in [2.45, 2.75) is 6.92 Å². The molecule has 2 amide bonds. The molecule has 0 unspecified atom stereocenters. The van der Waals surface area contributed by atoms with Crippen LogP contribution in [0.2, 0.25) is 5.02 Å². The molecule has 0 radical (unpaired) electrons. The molecule has 0 N–H and O–H groups in total. The van der Waals surface area contributed by atoms with Gasteiger partial charge in [0.2, 0.25) is 0 Å². The van der Waals surface area contributed by atoms with Gasteiger partial charge >= 0.3 is 0 Å². The van der Waals surface area contributed by atoms with Gasteiger partial charge in [-0.05, 0) is 37.3 Å². The Bertz CT molecular complexity index is 1480. The highest BCUT2D eigenvalue weighted by Crippen LogP contribution is 2.39. The minimum Gasteiger partial charge on any atom is -0.497 e. The first-order valence-corrected chi connectivity index (χ1v) is 10.2. The highest BCUT2D eigenvalue weighted by molar-refractivity contribution is 6.37. The largest absolute Gasteiger partial charge is 0.497 e. The van der Waals surface area contributed by atoms with Gasteiger partial charge in [-0.3, -0.25) is 9.59 Å². The van der Waals surface area contributed by atoms with E-state index in [2.05, 4.69) is 10.1 Å². The van der Waals surface area contributed by atoms with E-state index in [0.717, 1.165) is 4.90 Å². The number of benzene rings is 2. The molecule has 1 aliphatic heterocycles. The Labute approximate surface area is 192 Å². The fourth-order valence-electron chi connectivity index (χ4n) is 3.97. The average molecular weight is 467 g/mol. The predicted octanol–water partition coefficient (Wildman–Crippen LogP) is 4.34. The Kier molecular flexibility index (Phi) is 4.79. The first kappa shape index (κ1) is 20.9. The van der Waals surface area contributed by atoms with Crippen molar-refractivity contribution in [3.63, 3.8) is 0 Å². The topological polar surface area (TPSA) is 86.6 Å². The van der Waals surface area contributed by atoms with Crippen molar-refractivity contribution in [2.75, 3.05) is 19.1 Å². The number of nitrogens with zero attached hydrogens (tertiary/aromatic N) is 4. The van der Waals surface area contributed by atoms with Crippen LogP contribution >= 0.6 is 11.6 Å². The van der Waals surface area contributed by atoms with Crippen LogP contribution in [0, 0.1) is 12.7 Å². The molecule has 4 aromatic rings. The van der Waals surface area contributed by atoms with Crippen molar-refractivity contribution >= 4 is 40.1 Å². The van der Waals surface area contributed by atoms with Crippen LogP contribution in [0.5, 0.6) is 11.5 Å². The average Bonchev–Trinajstić information content (AvgIpc) is 3.26. The van der Waals surface area contributed by atoms with Crippen molar-refractivity contribution in [3.8, 4) is 17.2 Å². The van der Waals surface area contributed by atoms with Crippen LogP contribution in [0.25, 0.3) is 16.7 Å². The molecule has 10 heteroatoms. The third-order valence-electron chi connectivity index (χ3n) is 5.49. The maximum atomic E-state index is 14.6. The van der Waals surface area contributed by atoms with Gasteiger partial charge in [-0.15, -0.1) is 0 Å². The van der Waals surface area contributed by atoms with Gasteiger partial charge in [-0.25, -0.2) is 19.0 Å². The van der Waals surface area contributed by atoms with Crippen molar-refractivity contribution in [1.82, 2.24) is 14.8 Å². The summed E-state index contributed by atoms with van der Waals surface area (Å²) in [5.74, 6) is -0.939. The Morgan fingerprint density at radius 3 is 2.48 bits per heavy atom. The summed E-state index contributed by atoms with van der Waals surface area (Å²) in [6, 6.07) is 8.98. The summed E-state index contributed by atoms with van der Waals surface area (Å²) >= 11 is 5.87. The maximum Gasteiger partial charge on any atom is 0.267 e. The number of halogens is 2. The third kappa shape index (κ3) is 3.04. The summed E-state index contributed by atoms with van der Waals surface area (Å²) < 4.78 is 26.5. The maximum absolute atomic E-state index is 14.6. The van der Waals surface area contributed by atoms with Gasteiger partial charge in [0.1, 0.15) is 23.0 Å². The lowest BCUT2D eigenvalue weighted by atomic mass is 10.1. The number of methoxy groups -OCH3 is 2. The van der Waals surface area contributed by atoms with Crippen LogP contribution in [0.1, 0.15) is 26.4 Å². The van der Waals surface area contributed by atoms with Crippen LogP contribution < -0.4 is 14.4 Å². The van der Waals surface area contributed by atoms with Crippen molar-refractivity contribution < 1.29 is 23.5 Å². The number of rotatable bonds is 4. The summed E-state index contributed by atoms with van der Waals surface area (Å²) in [7, 11) is 2.92. The fourth-order valence-corrected chi connectivity index (χ4v) is 4.13. The van der Waals surface area contributed by atoms with Gasteiger partial charge in [-0.1, -0.05) is 11.6 Å². The number of hydrogen-bond donors (Lipinski definition) is 0. The number of pyridine rings is 1. The number of aryl methyl sites for hydroxylation is 1. The number of aromatic nitrogens is 3. The van der Waals surface area contributed by atoms with Crippen molar-refractivity contribution in [1.29, 1.82) is 0 Å². The van der Waals surface area contributed by atoms with Crippen LogP contribution in [0.15, 0.2) is 42.6 Å². The van der Waals surface area contributed by atoms with E-state index < -0.39 is 17.6 Å². The summed E-state index contributed by atoms with van der Waals surface area (Å²) in [5, 5.41) is 4.99. The van der Waals surface area contributed by atoms with Crippen LogP contribution in [-0.4, -0.2) is 40.8 Å². The highest BCUT2D eigenvalue weighted by atomic mass is 35.5. The molecule has 0 fully saturated rings. The van der Waals surface area contributed by atoms with Crippen LogP contribution in [-0.2, 0) is 0 Å². The number of carbonyl (C=O) groups excluding carboxylic acids is 2. The van der Waals surface area contributed by atoms with Crippen LogP contribution in [0.3, 0.4) is 0 Å². The van der Waals surface area contributed by atoms with Gasteiger partial charge in [0, 0.05) is 17.3 Å². The lowest BCUT2D eigenvalue weighted by Gasteiger charge is -2.18. The van der Waals surface area contributed by atoms with Gasteiger partial charge < -0.3 is 9.47 Å². The second-order valence-electron chi connectivity index (χ2n) is 7.32. The molecule has 33 heavy (non-hydrogen) atoms. The quantitative estimate of drug-likeness (QED) is 0.416. The Balaban J connectivity index is 1.72. The van der Waals surface area contributed by atoms with E-state index in [1.807, 2.05) is 0 Å². The summed E-state index contributed by atoms with van der Waals surface area (Å²) in [5.41, 5.74) is 1.29. The molecule has 0 aliphatic carbocycles. The minimum atomic E-state index is -0.598. The van der Waals surface area contributed by atoms with Crippen molar-refractivity contribution in [2.24, 2.45) is 0 Å². The Morgan fingerprint density at radius 1 is 1.00 bits per heavy atom. The highest BCUT2D eigenvalue weighted by Gasteiger charge is 2.41. The van der Waals surface area contributed by atoms with E-state index in [-0.39, 0.29) is 33.2 Å². The summed E-state index contributed by atoms with van der Waals surface area (Å²) in [6.07, 6.45) is 1.30. The van der Waals surface area contributed by atoms with Gasteiger partial charge in [0.05, 0.1) is 42.1 Å². The Hall–Kier alpha value is -3.98. The molecule has 0 bridgehead atoms. The third-order valence-corrected chi connectivity index (χ3v) is 5.72. The number of amides is 2. The zero-order chi connectivity index (χ0) is 23.4. The molecule has 0 saturated carbocycles. The van der Waals surface area contributed by atoms with E-state index in [0.29, 0.717) is 22.6 Å². The zero-order valence-electron chi connectivity index (χ0n) is 17.7. The zero-order valence-corrected chi connectivity index (χ0v) is 18.5. The molecule has 2 aromatic carbocycles. The molecule has 5 rings (SSSR count).